The average molecular weight is 308 g/mol. The van der Waals surface area contributed by atoms with Crippen molar-refractivity contribution in [1.82, 2.24) is 0 Å². The fraction of sp³-hybridized carbons (Fsp3) is 0.333. The monoisotopic (exact) mass is 308 g/mol. The Morgan fingerprint density at radius 2 is 1.32 bits per heavy atom. The van der Waals surface area contributed by atoms with Crippen LogP contribution >= 0.6 is 0 Å². The van der Waals surface area contributed by atoms with Crippen molar-refractivity contribution in [3.05, 3.63) is 35.9 Å². The molecule has 0 heterocycles. The summed E-state index contributed by atoms with van der Waals surface area (Å²) in [6, 6.07) is 3.63. The number of rotatable bonds is 3. The van der Waals surface area contributed by atoms with Gasteiger partial charge in [-0.1, -0.05) is 30.3 Å². The molecule has 1 aromatic carbocycles. The Bertz CT molecular complexity index is 553. The van der Waals surface area contributed by atoms with Crippen molar-refractivity contribution in [2.45, 2.75) is 17.1 Å². The minimum Gasteiger partial charge on any atom is -0.283 e. The Labute approximate surface area is 103 Å². The number of alkyl halides is 6. The van der Waals surface area contributed by atoms with Crippen molar-refractivity contribution in [2.24, 2.45) is 0 Å². The van der Waals surface area contributed by atoms with Gasteiger partial charge in [-0.3, -0.25) is 4.55 Å². The van der Waals surface area contributed by atoms with Crippen LogP contribution in [0.3, 0.4) is 0 Å². The first-order chi connectivity index (χ1) is 8.36. The molecule has 0 fully saturated rings. The predicted molar refractivity (Wildman–Crippen MR) is 51.8 cm³/mol. The second kappa shape index (κ2) is 4.37. The van der Waals surface area contributed by atoms with E-state index in [1.165, 1.54) is 0 Å². The zero-order valence-electron chi connectivity index (χ0n) is 8.83. The summed E-state index contributed by atoms with van der Waals surface area (Å²) in [5.74, 6) is -6.32. The molecule has 3 nitrogen and oxygen atoms in total. The Hall–Kier alpha value is -1.29. The maximum Gasteiger partial charge on any atom is 0.458 e. The van der Waals surface area contributed by atoms with E-state index in [9.17, 15) is 34.8 Å². The van der Waals surface area contributed by atoms with Crippen molar-refractivity contribution in [3.63, 3.8) is 0 Å². The molecule has 0 spiro atoms. The summed E-state index contributed by atoms with van der Waals surface area (Å²) in [6.07, 6.45) is -6.51. The first kappa shape index (κ1) is 15.8. The molecule has 1 atom stereocenters. The first-order valence-corrected chi connectivity index (χ1v) is 5.95. The van der Waals surface area contributed by atoms with Crippen LogP contribution < -0.4 is 0 Å². The van der Waals surface area contributed by atoms with Crippen LogP contribution in [-0.4, -0.2) is 25.1 Å². The molecule has 1 aromatic rings. The van der Waals surface area contributed by atoms with E-state index in [4.69, 9.17) is 4.55 Å². The molecule has 10 heteroatoms. The zero-order chi connectivity index (χ0) is 15.1. The molecule has 108 valence electrons. The van der Waals surface area contributed by atoms with Crippen LogP contribution in [0.25, 0.3) is 0 Å². The van der Waals surface area contributed by atoms with Crippen LogP contribution in [0.2, 0.25) is 0 Å². The summed E-state index contributed by atoms with van der Waals surface area (Å²) in [4.78, 5) is 0. The molecule has 1 unspecified atom stereocenters. The van der Waals surface area contributed by atoms with Gasteiger partial charge in [-0.2, -0.15) is 30.4 Å². The average Bonchev–Trinajstić information content (AvgIpc) is 2.25. The normalized spacial score (nSPS) is 17.0. The van der Waals surface area contributed by atoms with Crippen molar-refractivity contribution >= 4 is 10.1 Å². The molecule has 0 bridgehead atoms. The largest absolute Gasteiger partial charge is 0.458 e. The zero-order valence-corrected chi connectivity index (χ0v) is 9.64. The van der Waals surface area contributed by atoms with Gasteiger partial charge in [0.25, 0.3) is 0 Å². The Kier molecular flexibility index (Phi) is 3.63. The summed E-state index contributed by atoms with van der Waals surface area (Å²) in [5, 5.41) is -5.32. The van der Waals surface area contributed by atoms with Crippen LogP contribution in [0.15, 0.2) is 30.3 Å². The third-order valence-corrected chi connectivity index (χ3v) is 3.46. The van der Waals surface area contributed by atoms with Crippen LogP contribution in [0.4, 0.5) is 26.3 Å². The maximum atomic E-state index is 14.0. The smallest absolute Gasteiger partial charge is 0.283 e. The summed E-state index contributed by atoms with van der Waals surface area (Å²) < 4.78 is 107. The van der Waals surface area contributed by atoms with Crippen molar-refractivity contribution in [3.8, 4) is 0 Å². The van der Waals surface area contributed by atoms with Gasteiger partial charge in [0.15, 0.2) is 0 Å². The highest BCUT2D eigenvalue weighted by Gasteiger charge is 2.77. The SMILES string of the molecule is O=S(=O)(O)C(F)(c1ccccc1)C(F)(F)C(F)(F)F. The topological polar surface area (TPSA) is 54.4 Å². The van der Waals surface area contributed by atoms with E-state index in [2.05, 4.69) is 0 Å². The molecule has 0 amide bonds. The Morgan fingerprint density at radius 3 is 1.63 bits per heavy atom. The molecular formula is C9H6F6O3S. The summed E-state index contributed by atoms with van der Waals surface area (Å²) >= 11 is 0. The van der Waals surface area contributed by atoms with Crippen molar-refractivity contribution < 1.29 is 39.3 Å². The molecule has 0 aliphatic carbocycles. The third-order valence-electron chi connectivity index (χ3n) is 2.26. The fourth-order valence-corrected chi connectivity index (χ4v) is 2.20. The number of hydrogen-bond donors (Lipinski definition) is 1. The van der Waals surface area contributed by atoms with E-state index in [-0.39, 0.29) is 0 Å². The van der Waals surface area contributed by atoms with E-state index >= 15 is 0 Å². The van der Waals surface area contributed by atoms with Gasteiger partial charge in [0.05, 0.1) is 0 Å². The molecule has 0 radical (unpaired) electrons. The van der Waals surface area contributed by atoms with Gasteiger partial charge in [-0.15, -0.1) is 0 Å². The standard InChI is InChI=1S/C9H6F6O3S/c10-7(19(16,17)18,6-4-2-1-3-5-6)8(11,12)9(13,14)15/h1-5H,(H,16,17,18). The van der Waals surface area contributed by atoms with E-state index in [1.54, 1.807) is 0 Å². The lowest BCUT2D eigenvalue weighted by Crippen LogP contribution is -2.56. The first-order valence-electron chi connectivity index (χ1n) is 4.51. The third kappa shape index (κ3) is 2.29. The summed E-state index contributed by atoms with van der Waals surface area (Å²) in [5.41, 5.74) is -1.53. The highest BCUT2D eigenvalue weighted by atomic mass is 32.2. The maximum absolute atomic E-state index is 14.0. The highest BCUT2D eigenvalue weighted by Crippen LogP contribution is 2.53. The van der Waals surface area contributed by atoms with Crippen LogP contribution in [0, 0.1) is 0 Å². The van der Waals surface area contributed by atoms with Gasteiger partial charge in [0.2, 0.25) is 0 Å². The van der Waals surface area contributed by atoms with Gasteiger partial charge in [-0.05, 0) is 0 Å². The molecule has 0 saturated carbocycles. The molecule has 0 aliphatic rings. The quantitative estimate of drug-likeness (QED) is 0.690. The molecule has 0 saturated heterocycles. The predicted octanol–water partition coefficient (Wildman–Crippen LogP) is 2.89. The number of benzene rings is 1. The van der Waals surface area contributed by atoms with Gasteiger partial charge in [0, 0.05) is 5.56 Å². The van der Waals surface area contributed by atoms with Gasteiger partial charge in [0.1, 0.15) is 0 Å². The van der Waals surface area contributed by atoms with E-state index in [0.717, 1.165) is 18.2 Å². The number of hydrogen-bond acceptors (Lipinski definition) is 2. The number of halogens is 6. The molecule has 1 rings (SSSR count). The van der Waals surface area contributed by atoms with Gasteiger partial charge < -0.3 is 0 Å². The second-order valence-electron chi connectivity index (χ2n) is 3.51. The minimum atomic E-state index is -6.51. The lowest BCUT2D eigenvalue weighted by Gasteiger charge is -2.32. The molecule has 1 N–H and O–H groups in total. The Morgan fingerprint density at radius 1 is 0.895 bits per heavy atom. The molecule has 0 aliphatic heterocycles. The minimum absolute atomic E-state index is 0.396. The van der Waals surface area contributed by atoms with Crippen molar-refractivity contribution in [1.29, 1.82) is 0 Å². The van der Waals surface area contributed by atoms with Crippen LogP contribution in [0.1, 0.15) is 5.56 Å². The Balaban J connectivity index is 3.67. The van der Waals surface area contributed by atoms with E-state index in [1.807, 2.05) is 0 Å². The van der Waals surface area contributed by atoms with Crippen LogP contribution in [0.5, 0.6) is 0 Å². The fourth-order valence-electron chi connectivity index (χ4n) is 1.33. The molecule has 0 aromatic heterocycles. The van der Waals surface area contributed by atoms with E-state index in [0.29, 0.717) is 12.1 Å². The lowest BCUT2D eigenvalue weighted by molar-refractivity contribution is -0.315. The van der Waals surface area contributed by atoms with E-state index < -0.39 is 32.8 Å². The molecular weight excluding hydrogens is 302 g/mol. The van der Waals surface area contributed by atoms with Crippen molar-refractivity contribution in [2.75, 3.05) is 0 Å². The molecule has 19 heavy (non-hydrogen) atoms. The highest BCUT2D eigenvalue weighted by molar-refractivity contribution is 7.86. The van der Waals surface area contributed by atoms with Gasteiger partial charge >= 0.3 is 27.2 Å². The van der Waals surface area contributed by atoms with Gasteiger partial charge in [-0.25, -0.2) is 4.39 Å². The van der Waals surface area contributed by atoms with Crippen LogP contribution in [-0.2, 0) is 15.1 Å². The summed E-state index contributed by atoms with van der Waals surface area (Å²) in [6.45, 7) is 0. The lowest BCUT2D eigenvalue weighted by atomic mass is 10.0. The second-order valence-corrected chi connectivity index (χ2v) is 5.02. The summed E-state index contributed by atoms with van der Waals surface area (Å²) in [7, 11) is -6.39.